The van der Waals surface area contributed by atoms with E-state index in [1.807, 2.05) is 0 Å². The van der Waals surface area contributed by atoms with Gasteiger partial charge in [-0.25, -0.2) is 13.2 Å². The lowest BCUT2D eigenvalue weighted by molar-refractivity contribution is -0.00995. The zero-order valence-corrected chi connectivity index (χ0v) is 11.6. The van der Waals surface area contributed by atoms with Gasteiger partial charge in [-0.2, -0.15) is 8.78 Å². The van der Waals surface area contributed by atoms with Crippen LogP contribution in [0.1, 0.15) is 10.4 Å². The lowest BCUT2D eigenvalue weighted by Crippen LogP contribution is -2.34. The number of carbonyl (C=O) groups excluding carboxylic acids is 1. The molecule has 0 unspecified atom stereocenters. The third-order valence-electron chi connectivity index (χ3n) is 2.80. The van der Waals surface area contributed by atoms with E-state index in [2.05, 4.69) is 4.74 Å². The van der Waals surface area contributed by atoms with Gasteiger partial charge in [-0.3, -0.25) is 0 Å². The Morgan fingerprint density at radius 2 is 1.77 bits per heavy atom. The molecule has 0 radical (unpaired) electrons. The standard InChI is InChI=1S/C13H10F2O6S/c14-13(15,22(18,19)20)7-21-12(17)10-2-1-9-6-11(16)4-3-8(9)5-10/h1-6,16H,7H2,(H,18,19,20)/p-1. The number of phenolic OH excluding ortho intramolecular Hbond substituents is 1. The Hall–Kier alpha value is -2.26. The summed E-state index contributed by atoms with van der Waals surface area (Å²) in [5.41, 5.74) is -0.0997. The zero-order valence-electron chi connectivity index (χ0n) is 10.8. The molecule has 0 spiro atoms. The Kier molecular flexibility index (Phi) is 4.03. The monoisotopic (exact) mass is 331 g/mol. The van der Waals surface area contributed by atoms with Crippen LogP contribution in [0.5, 0.6) is 5.75 Å². The van der Waals surface area contributed by atoms with Gasteiger partial charge in [0.1, 0.15) is 5.75 Å². The van der Waals surface area contributed by atoms with Crippen LogP contribution in [0.15, 0.2) is 36.4 Å². The van der Waals surface area contributed by atoms with E-state index in [1.165, 1.54) is 36.4 Å². The number of halogens is 2. The van der Waals surface area contributed by atoms with Gasteiger partial charge in [-0.05, 0) is 35.0 Å². The van der Waals surface area contributed by atoms with Crippen molar-refractivity contribution < 1.29 is 36.4 Å². The summed E-state index contributed by atoms with van der Waals surface area (Å²) in [5, 5.41) is 5.75. The second-order valence-electron chi connectivity index (χ2n) is 4.41. The Labute approximate surface area is 123 Å². The van der Waals surface area contributed by atoms with Crippen LogP contribution in [0.4, 0.5) is 8.78 Å². The molecular weight excluding hydrogens is 322 g/mol. The number of fused-ring (bicyclic) bond motifs is 1. The third kappa shape index (κ3) is 3.31. The van der Waals surface area contributed by atoms with Gasteiger partial charge in [0, 0.05) is 0 Å². The fourth-order valence-electron chi connectivity index (χ4n) is 1.67. The van der Waals surface area contributed by atoms with E-state index in [4.69, 9.17) is 0 Å². The number of phenols is 1. The quantitative estimate of drug-likeness (QED) is 0.677. The number of hydrogen-bond acceptors (Lipinski definition) is 6. The van der Waals surface area contributed by atoms with E-state index < -0.39 is 27.9 Å². The molecule has 1 N–H and O–H groups in total. The summed E-state index contributed by atoms with van der Waals surface area (Å²) < 4.78 is 60.8. The van der Waals surface area contributed by atoms with Crippen molar-refractivity contribution in [3.63, 3.8) is 0 Å². The average Bonchev–Trinajstić information content (AvgIpc) is 2.43. The van der Waals surface area contributed by atoms with Crippen LogP contribution in [-0.2, 0) is 14.9 Å². The highest BCUT2D eigenvalue weighted by Crippen LogP contribution is 2.23. The van der Waals surface area contributed by atoms with Crippen molar-refractivity contribution in [3.05, 3.63) is 42.0 Å². The Morgan fingerprint density at radius 1 is 1.18 bits per heavy atom. The van der Waals surface area contributed by atoms with Crippen molar-refractivity contribution in [2.45, 2.75) is 5.25 Å². The minimum Gasteiger partial charge on any atom is -0.743 e. The van der Waals surface area contributed by atoms with Crippen LogP contribution in [0.3, 0.4) is 0 Å². The molecule has 2 rings (SSSR count). The molecule has 0 atom stereocenters. The summed E-state index contributed by atoms with van der Waals surface area (Å²) >= 11 is 0. The summed E-state index contributed by atoms with van der Waals surface area (Å²) in [6.45, 7) is -1.86. The van der Waals surface area contributed by atoms with Crippen LogP contribution in [0.2, 0.25) is 0 Å². The van der Waals surface area contributed by atoms with Crippen LogP contribution in [-0.4, -0.2) is 35.9 Å². The Balaban J connectivity index is 2.18. The predicted molar refractivity (Wildman–Crippen MR) is 70.5 cm³/mol. The van der Waals surface area contributed by atoms with E-state index in [-0.39, 0.29) is 11.3 Å². The van der Waals surface area contributed by atoms with E-state index in [1.54, 1.807) is 0 Å². The van der Waals surface area contributed by atoms with E-state index in [0.717, 1.165) is 0 Å². The summed E-state index contributed by atoms with van der Waals surface area (Å²) in [6.07, 6.45) is 0. The van der Waals surface area contributed by atoms with Gasteiger partial charge in [0.25, 0.3) is 0 Å². The van der Waals surface area contributed by atoms with Gasteiger partial charge in [0.15, 0.2) is 16.7 Å². The lowest BCUT2D eigenvalue weighted by Gasteiger charge is -2.19. The molecule has 0 saturated carbocycles. The maximum atomic E-state index is 12.9. The molecule has 0 fully saturated rings. The van der Waals surface area contributed by atoms with Gasteiger partial charge in [0.2, 0.25) is 0 Å². The smallest absolute Gasteiger partial charge is 0.367 e. The predicted octanol–water partition coefficient (Wildman–Crippen LogP) is 1.84. The number of rotatable bonds is 4. The van der Waals surface area contributed by atoms with Crippen molar-refractivity contribution in [1.82, 2.24) is 0 Å². The van der Waals surface area contributed by atoms with Crippen molar-refractivity contribution in [1.29, 1.82) is 0 Å². The first kappa shape index (κ1) is 16.1. The van der Waals surface area contributed by atoms with Crippen molar-refractivity contribution >= 4 is 26.9 Å². The molecule has 0 amide bonds. The largest absolute Gasteiger partial charge is 0.743 e. The molecule has 6 nitrogen and oxygen atoms in total. The minimum atomic E-state index is -5.91. The van der Waals surface area contributed by atoms with Crippen molar-refractivity contribution in [2.75, 3.05) is 6.61 Å². The van der Waals surface area contributed by atoms with Crippen LogP contribution >= 0.6 is 0 Å². The molecule has 0 aliphatic carbocycles. The maximum Gasteiger partial charge on any atom is 0.367 e. The minimum absolute atomic E-state index is 0.0168. The molecule has 0 heterocycles. The normalized spacial score (nSPS) is 12.3. The van der Waals surface area contributed by atoms with E-state index in [9.17, 15) is 31.7 Å². The SMILES string of the molecule is O=C(OCC(F)(F)S(=O)(=O)[O-])c1ccc2cc(O)ccc2c1. The highest BCUT2D eigenvalue weighted by molar-refractivity contribution is 7.86. The maximum absolute atomic E-state index is 12.9. The number of aromatic hydroxyl groups is 1. The van der Waals surface area contributed by atoms with Gasteiger partial charge in [0.05, 0.1) is 5.56 Å². The molecule has 0 bridgehead atoms. The first-order valence-electron chi connectivity index (χ1n) is 5.83. The molecule has 0 aromatic heterocycles. The van der Waals surface area contributed by atoms with Gasteiger partial charge in [-0.1, -0.05) is 12.1 Å². The number of hydrogen-bond donors (Lipinski definition) is 1. The third-order valence-corrected chi connectivity index (χ3v) is 3.65. The van der Waals surface area contributed by atoms with Gasteiger partial charge < -0.3 is 14.4 Å². The second-order valence-corrected chi connectivity index (χ2v) is 5.92. The first-order chi connectivity index (χ1) is 10.1. The van der Waals surface area contributed by atoms with E-state index in [0.29, 0.717) is 10.8 Å². The van der Waals surface area contributed by atoms with E-state index >= 15 is 0 Å². The molecule has 118 valence electrons. The number of ether oxygens (including phenoxy) is 1. The Bertz CT molecular complexity index is 832. The molecule has 0 aliphatic rings. The molecule has 0 saturated heterocycles. The fourth-order valence-corrected chi connectivity index (χ4v) is 1.87. The van der Waals surface area contributed by atoms with Crippen LogP contribution < -0.4 is 0 Å². The lowest BCUT2D eigenvalue weighted by atomic mass is 10.1. The molecule has 9 heteroatoms. The fraction of sp³-hybridized carbons (Fsp3) is 0.154. The molecule has 2 aromatic rings. The highest BCUT2D eigenvalue weighted by atomic mass is 32.2. The molecular formula is C13H9F2O6S-. The van der Waals surface area contributed by atoms with Crippen LogP contribution in [0.25, 0.3) is 10.8 Å². The topological polar surface area (TPSA) is 104 Å². The summed E-state index contributed by atoms with van der Waals surface area (Å²) in [5.74, 6) is -1.18. The molecule has 0 aliphatic heterocycles. The molecule has 2 aromatic carbocycles. The number of benzene rings is 2. The average molecular weight is 331 g/mol. The Morgan fingerprint density at radius 3 is 2.41 bits per heavy atom. The van der Waals surface area contributed by atoms with Crippen LogP contribution in [0, 0.1) is 0 Å². The van der Waals surface area contributed by atoms with Crippen molar-refractivity contribution in [2.24, 2.45) is 0 Å². The highest BCUT2D eigenvalue weighted by Gasteiger charge is 2.39. The van der Waals surface area contributed by atoms with Crippen molar-refractivity contribution in [3.8, 4) is 5.75 Å². The second kappa shape index (κ2) is 5.50. The summed E-state index contributed by atoms with van der Waals surface area (Å²) in [4.78, 5) is 11.6. The van der Waals surface area contributed by atoms with Gasteiger partial charge >= 0.3 is 11.2 Å². The number of alkyl halides is 2. The summed E-state index contributed by atoms with van der Waals surface area (Å²) in [6, 6.07) is 8.33. The zero-order chi connectivity index (χ0) is 16.5. The summed E-state index contributed by atoms with van der Waals surface area (Å²) in [7, 11) is -5.91. The molecule has 22 heavy (non-hydrogen) atoms. The number of carbonyl (C=O) groups is 1. The first-order valence-corrected chi connectivity index (χ1v) is 7.24. The van der Waals surface area contributed by atoms with Gasteiger partial charge in [-0.15, -0.1) is 0 Å². The number of esters is 1.